The highest BCUT2D eigenvalue weighted by Crippen LogP contribution is 2.27. The van der Waals surface area contributed by atoms with Gasteiger partial charge < -0.3 is 10.6 Å². The summed E-state index contributed by atoms with van der Waals surface area (Å²) >= 11 is 3.56. The first kappa shape index (κ1) is 15.2. The Bertz CT molecular complexity index is 357. The fourth-order valence-corrected chi connectivity index (χ4v) is 2.11. The Hall–Kier alpha value is -0.840. The molecule has 2 N–H and O–H groups in total. The SMILES string of the molecule is CCCCC(C)Nc1ncnc(NCCC)c1Br. The summed E-state index contributed by atoms with van der Waals surface area (Å²) in [6, 6.07) is 0.426. The maximum Gasteiger partial charge on any atom is 0.146 e. The predicted molar refractivity (Wildman–Crippen MR) is 81.1 cm³/mol. The van der Waals surface area contributed by atoms with Crippen molar-refractivity contribution in [2.24, 2.45) is 0 Å². The highest BCUT2D eigenvalue weighted by Gasteiger charge is 2.10. The van der Waals surface area contributed by atoms with Crippen LogP contribution in [0.25, 0.3) is 0 Å². The lowest BCUT2D eigenvalue weighted by atomic mass is 10.1. The van der Waals surface area contributed by atoms with Crippen LogP contribution >= 0.6 is 15.9 Å². The highest BCUT2D eigenvalue weighted by molar-refractivity contribution is 9.10. The van der Waals surface area contributed by atoms with E-state index < -0.39 is 0 Å². The van der Waals surface area contributed by atoms with Gasteiger partial charge in [-0.2, -0.15) is 0 Å². The Morgan fingerprint density at radius 1 is 1.22 bits per heavy atom. The number of anilines is 2. The quantitative estimate of drug-likeness (QED) is 0.760. The van der Waals surface area contributed by atoms with Crippen molar-refractivity contribution in [2.75, 3.05) is 17.2 Å². The van der Waals surface area contributed by atoms with Gasteiger partial charge in [0, 0.05) is 12.6 Å². The Labute approximate surface area is 118 Å². The van der Waals surface area contributed by atoms with Crippen molar-refractivity contribution in [3.05, 3.63) is 10.8 Å². The molecule has 0 spiro atoms. The maximum atomic E-state index is 4.29. The van der Waals surface area contributed by atoms with E-state index in [2.05, 4.69) is 57.3 Å². The van der Waals surface area contributed by atoms with Gasteiger partial charge >= 0.3 is 0 Å². The van der Waals surface area contributed by atoms with Crippen molar-refractivity contribution in [1.29, 1.82) is 0 Å². The summed E-state index contributed by atoms with van der Waals surface area (Å²) in [7, 11) is 0. The summed E-state index contributed by atoms with van der Waals surface area (Å²) in [6.45, 7) is 7.44. The first-order valence-electron chi connectivity index (χ1n) is 6.69. The average molecular weight is 315 g/mol. The van der Waals surface area contributed by atoms with Crippen LogP contribution in [0.5, 0.6) is 0 Å². The molecule has 102 valence electrons. The first-order valence-corrected chi connectivity index (χ1v) is 7.49. The third-order valence-electron chi connectivity index (χ3n) is 2.71. The molecule has 18 heavy (non-hydrogen) atoms. The molecule has 0 aliphatic rings. The molecule has 0 aromatic carbocycles. The maximum absolute atomic E-state index is 4.29. The Morgan fingerprint density at radius 2 is 1.94 bits per heavy atom. The lowest BCUT2D eigenvalue weighted by molar-refractivity contribution is 0.642. The van der Waals surface area contributed by atoms with E-state index in [-0.39, 0.29) is 0 Å². The third kappa shape index (κ3) is 4.80. The van der Waals surface area contributed by atoms with Gasteiger partial charge in [0.05, 0.1) is 0 Å². The van der Waals surface area contributed by atoms with Gasteiger partial charge in [-0.3, -0.25) is 0 Å². The second-order valence-corrected chi connectivity index (χ2v) is 5.29. The van der Waals surface area contributed by atoms with E-state index in [1.807, 2.05) is 0 Å². The fourth-order valence-electron chi connectivity index (χ4n) is 1.65. The van der Waals surface area contributed by atoms with Gasteiger partial charge in [-0.15, -0.1) is 0 Å². The number of nitrogens with zero attached hydrogens (tertiary/aromatic N) is 2. The molecule has 1 atom stereocenters. The van der Waals surface area contributed by atoms with Gasteiger partial charge in [0.25, 0.3) is 0 Å². The molecule has 5 heteroatoms. The molecule has 0 radical (unpaired) electrons. The van der Waals surface area contributed by atoms with E-state index in [4.69, 9.17) is 0 Å². The second kappa shape index (κ2) is 8.29. The van der Waals surface area contributed by atoms with Crippen LogP contribution in [0.1, 0.15) is 46.5 Å². The minimum atomic E-state index is 0.426. The molecule has 0 saturated heterocycles. The molecule has 0 fully saturated rings. The Balaban J connectivity index is 2.64. The second-order valence-electron chi connectivity index (χ2n) is 4.50. The molecular formula is C13H23BrN4. The van der Waals surface area contributed by atoms with Gasteiger partial charge in [0.1, 0.15) is 22.4 Å². The Morgan fingerprint density at radius 3 is 2.61 bits per heavy atom. The largest absolute Gasteiger partial charge is 0.369 e. The molecule has 1 unspecified atom stereocenters. The zero-order valence-corrected chi connectivity index (χ0v) is 13.0. The summed E-state index contributed by atoms with van der Waals surface area (Å²) in [5, 5.41) is 6.71. The molecular weight excluding hydrogens is 292 g/mol. The van der Waals surface area contributed by atoms with E-state index in [0.717, 1.165) is 35.5 Å². The van der Waals surface area contributed by atoms with Gasteiger partial charge in [-0.25, -0.2) is 9.97 Å². The van der Waals surface area contributed by atoms with Gasteiger partial charge in [0.15, 0.2) is 0 Å². The fraction of sp³-hybridized carbons (Fsp3) is 0.692. The molecule has 1 aromatic rings. The minimum absolute atomic E-state index is 0.426. The van der Waals surface area contributed by atoms with Crippen LogP contribution in [0.4, 0.5) is 11.6 Å². The third-order valence-corrected chi connectivity index (χ3v) is 3.46. The minimum Gasteiger partial charge on any atom is -0.369 e. The molecule has 0 bridgehead atoms. The number of aromatic nitrogens is 2. The smallest absolute Gasteiger partial charge is 0.146 e. The molecule has 0 aliphatic carbocycles. The van der Waals surface area contributed by atoms with Gasteiger partial charge in [0.2, 0.25) is 0 Å². The molecule has 0 saturated carbocycles. The summed E-state index contributed by atoms with van der Waals surface area (Å²) in [5.41, 5.74) is 0. The van der Waals surface area contributed by atoms with E-state index in [1.165, 1.54) is 12.8 Å². The van der Waals surface area contributed by atoms with E-state index in [0.29, 0.717) is 6.04 Å². The van der Waals surface area contributed by atoms with Crippen LogP contribution in [0, 0.1) is 0 Å². The molecule has 0 aliphatic heterocycles. The van der Waals surface area contributed by atoms with E-state index in [9.17, 15) is 0 Å². The molecule has 1 heterocycles. The number of unbranched alkanes of at least 4 members (excludes halogenated alkanes) is 1. The van der Waals surface area contributed by atoms with Crippen molar-refractivity contribution >= 4 is 27.6 Å². The molecule has 0 amide bonds. The topological polar surface area (TPSA) is 49.8 Å². The lowest BCUT2D eigenvalue weighted by Crippen LogP contribution is -2.17. The van der Waals surface area contributed by atoms with Crippen molar-refractivity contribution in [1.82, 2.24) is 9.97 Å². The van der Waals surface area contributed by atoms with Crippen LogP contribution in [-0.2, 0) is 0 Å². The Kier molecular flexibility index (Phi) is 7.01. The van der Waals surface area contributed by atoms with Crippen LogP contribution < -0.4 is 10.6 Å². The molecule has 1 aromatic heterocycles. The molecule has 1 rings (SSSR count). The zero-order valence-electron chi connectivity index (χ0n) is 11.5. The van der Waals surface area contributed by atoms with E-state index in [1.54, 1.807) is 6.33 Å². The van der Waals surface area contributed by atoms with Crippen LogP contribution in [0.3, 0.4) is 0 Å². The number of hydrogen-bond acceptors (Lipinski definition) is 4. The highest BCUT2D eigenvalue weighted by atomic mass is 79.9. The van der Waals surface area contributed by atoms with Crippen LogP contribution in [-0.4, -0.2) is 22.6 Å². The first-order chi connectivity index (χ1) is 8.69. The number of hydrogen-bond donors (Lipinski definition) is 2. The predicted octanol–water partition coefficient (Wildman–Crippen LogP) is 4.05. The number of halogens is 1. The average Bonchev–Trinajstić information content (AvgIpc) is 2.37. The van der Waals surface area contributed by atoms with Gasteiger partial charge in [-0.1, -0.05) is 26.7 Å². The summed E-state index contributed by atoms with van der Waals surface area (Å²) in [5.74, 6) is 1.73. The van der Waals surface area contributed by atoms with Crippen molar-refractivity contribution in [3.8, 4) is 0 Å². The van der Waals surface area contributed by atoms with Crippen molar-refractivity contribution in [2.45, 2.75) is 52.5 Å². The summed E-state index contributed by atoms with van der Waals surface area (Å²) < 4.78 is 0.918. The van der Waals surface area contributed by atoms with Crippen molar-refractivity contribution < 1.29 is 0 Å². The van der Waals surface area contributed by atoms with E-state index >= 15 is 0 Å². The summed E-state index contributed by atoms with van der Waals surface area (Å²) in [4.78, 5) is 8.52. The monoisotopic (exact) mass is 314 g/mol. The normalized spacial score (nSPS) is 12.2. The van der Waals surface area contributed by atoms with Crippen LogP contribution in [0.2, 0.25) is 0 Å². The lowest BCUT2D eigenvalue weighted by Gasteiger charge is -2.16. The number of rotatable bonds is 8. The summed E-state index contributed by atoms with van der Waals surface area (Å²) in [6.07, 6.45) is 6.28. The number of nitrogens with one attached hydrogen (secondary N) is 2. The molecule has 4 nitrogen and oxygen atoms in total. The zero-order chi connectivity index (χ0) is 13.4. The standard InChI is InChI=1S/C13H23BrN4/c1-4-6-7-10(3)18-13-11(14)12(15-8-5-2)16-9-17-13/h9-10H,4-8H2,1-3H3,(H2,15,16,17,18). The van der Waals surface area contributed by atoms with Gasteiger partial charge in [-0.05, 0) is 35.7 Å². The van der Waals surface area contributed by atoms with Crippen LogP contribution in [0.15, 0.2) is 10.8 Å². The van der Waals surface area contributed by atoms with Crippen molar-refractivity contribution in [3.63, 3.8) is 0 Å².